The highest BCUT2D eigenvalue weighted by Gasteiger charge is 2.10. The molecule has 0 aromatic heterocycles. The lowest BCUT2D eigenvalue weighted by Crippen LogP contribution is -2.38. The summed E-state index contributed by atoms with van der Waals surface area (Å²) < 4.78 is 23.3. The van der Waals surface area contributed by atoms with Gasteiger partial charge in [-0.15, -0.1) is 0 Å². The van der Waals surface area contributed by atoms with Crippen LogP contribution in [0.3, 0.4) is 0 Å². The number of nitrogens with one attached hydrogen (secondary N) is 2. The molecule has 0 amide bonds. The van der Waals surface area contributed by atoms with Gasteiger partial charge in [0.15, 0.2) is 15.8 Å². The molecule has 0 unspecified atom stereocenters. The van der Waals surface area contributed by atoms with Crippen molar-refractivity contribution in [2.45, 2.75) is 31.7 Å². The number of guanidine groups is 1. The van der Waals surface area contributed by atoms with Gasteiger partial charge in [-0.05, 0) is 58.1 Å². The van der Waals surface area contributed by atoms with E-state index in [0.29, 0.717) is 11.4 Å². The summed E-state index contributed by atoms with van der Waals surface area (Å²) in [5.74, 6) is 0.779. The fourth-order valence-corrected chi connectivity index (χ4v) is 3.30. The number of hydrogen-bond acceptors (Lipinski definition) is 4. The van der Waals surface area contributed by atoms with Gasteiger partial charge in [-0.3, -0.25) is 0 Å². The Morgan fingerprint density at radius 1 is 1.25 bits per heavy atom. The molecule has 0 atom stereocenters. The highest BCUT2D eigenvalue weighted by molar-refractivity contribution is 7.90. The van der Waals surface area contributed by atoms with E-state index in [1.165, 1.54) is 6.26 Å². The van der Waals surface area contributed by atoms with E-state index < -0.39 is 9.84 Å². The second-order valence-corrected chi connectivity index (χ2v) is 8.13. The fraction of sp³-hybridized carbons (Fsp3) is 0.588. The van der Waals surface area contributed by atoms with Gasteiger partial charge < -0.3 is 15.5 Å². The zero-order chi connectivity index (χ0) is 18.2. The summed E-state index contributed by atoms with van der Waals surface area (Å²) in [7, 11) is 0.938. The van der Waals surface area contributed by atoms with Crippen LogP contribution in [0.5, 0.6) is 0 Å². The van der Waals surface area contributed by atoms with Crippen molar-refractivity contribution in [1.29, 1.82) is 0 Å². The van der Waals surface area contributed by atoms with Gasteiger partial charge in [-0.1, -0.05) is 12.1 Å². The highest BCUT2D eigenvalue weighted by Crippen LogP contribution is 2.17. The molecule has 0 aliphatic carbocycles. The number of aliphatic imine (C=N–C) groups is 1. The lowest BCUT2D eigenvalue weighted by atomic mass is 10.1. The van der Waals surface area contributed by atoms with E-state index in [9.17, 15) is 8.42 Å². The van der Waals surface area contributed by atoms with Gasteiger partial charge in [0.1, 0.15) is 0 Å². The van der Waals surface area contributed by atoms with E-state index in [4.69, 9.17) is 0 Å². The molecule has 7 heteroatoms. The highest BCUT2D eigenvalue weighted by atomic mass is 32.2. The zero-order valence-corrected chi connectivity index (χ0v) is 16.2. The molecule has 6 nitrogen and oxygen atoms in total. The summed E-state index contributed by atoms with van der Waals surface area (Å²) in [5.41, 5.74) is 1.75. The van der Waals surface area contributed by atoms with Gasteiger partial charge in [-0.2, -0.15) is 0 Å². The van der Waals surface area contributed by atoms with Gasteiger partial charge in [-0.25, -0.2) is 13.4 Å². The molecule has 1 aromatic carbocycles. The summed E-state index contributed by atoms with van der Waals surface area (Å²) in [6.45, 7) is 7.03. The Bertz CT molecular complexity index is 655. The van der Waals surface area contributed by atoms with Crippen LogP contribution in [0.1, 0.15) is 24.5 Å². The maximum Gasteiger partial charge on any atom is 0.191 e. The number of benzene rings is 1. The minimum absolute atomic E-state index is 0.379. The van der Waals surface area contributed by atoms with E-state index in [2.05, 4.69) is 34.6 Å². The minimum Gasteiger partial charge on any atom is -0.357 e. The lowest BCUT2D eigenvalue weighted by Gasteiger charge is -2.13. The van der Waals surface area contributed by atoms with Crippen molar-refractivity contribution in [2.75, 3.05) is 40.0 Å². The number of aryl methyl sites for hydroxylation is 1. The average Bonchev–Trinajstić information content (AvgIpc) is 2.47. The lowest BCUT2D eigenvalue weighted by molar-refractivity contribution is 0.399. The zero-order valence-electron chi connectivity index (χ0n) is 15.4. The quantitative estimate of drug-likeness (QED) is 0.419. The summed E-state index contributed by atoms with van der Waals surface area (Å²) >= 11 is 0. The first-order chi connectivity index (χ1) is 11.2. The number of hydrogen-bond donors (Lipinski definition) is 2. The normalized spacial score (nSPS) is 12.5. The third-order valence-corrected chi connectivity index (χ3v) is 4.73. The summed E-state index contributed by atoms with van der Waals surface area (Å²) in [6.07, 6.45) is 2.27. The van der Waals surface area contributed by atoms with Gasteiger partial charge in [0.2, 0.25) is 0 Å². The van der Waals surface area contributed by atoms with Gasteiger partial charge in [0.25, 0.3) is 0 Å². The maximum absolute atomic E-state index is 11.7. The predicted molar refractivity (Wildman–Crippen MR) is 100 cm³/mol. The Labute approximate surface area is 146 Å². The van der Waals surface area contributed by atoms with Crippen LogP contribution in [0.4, 0.5) is 0 Å². The molecule has 24 heavy (non-hydrogen) atoms. The van der Waals surface area contributed by atoms with Gasteiger partial charge in [0, 0.05) is 19.3 Å². The van der Waals surface area contributed by atoms with Gasteiger partial charge in [0.05, 0.1) is 11.4 Å². The Kier molecular flexibility index (Phi) is 8.21. The molecular weight excluding hydrogens is 324 g/mol. The van der Waals surface area contributed by atoms with Crippen LogP contribution in [0.15, 0.2) is 28.1 Å². The SMILES string of the molecule is CCNC(=NCc1ccc(S(C)(=O)=O)c(C)c1)NCCCN(C)C. The second kappa shape index (κ2) is 9.64. The third-order valence-electron chi connectivity index (χ3n) is 3.48. The Morgan fingerprint density at radius 3 is 2.50 bits per heavy atom. The van der Waals surface area contributed by atoms with Crippen LogP contribution in [-0.4, -0.2) is 59.3 Å². The van der Waals surface area contributed by atoms with Crippen molar-refractivity contribution in [3.05, 3.63) is 29.3 Å². The van der Waals surface area contributed by atoms with Crippen LogP contribution in [0.2, 0.25) is 0 Å². The smallest absolute Gasteiger partial charge is 0.191 e. The Balaban J connectivity index is 2.70. The number of rotatable bonds is 8. The van der Waals surface area contributed by atoms with Crippen LogP contribution in [0.25, 0.3) is 0 Å². The van der Waals surface area contributed by atoms with E-state index in [1.54, 1.807) is 6.07 Å². The molecule has 0 bridgehead atoms. The first-order valence-corrected chi connectivity index (χ1v) is 10.1. The molecule has 0 heterocycles. The van der Waals surface area contributed by atoms with Crippen molar-refractivity contribution in [1.82, 2.24) is 15.5 Å². The van der Waals surface area contributed by atoms with E-state index in [1.807, 2.05) is 26.0 Å². The average molecular weight is 355 g/mol. The molecule has 136 valence electrons. The Morgan fingerprint density at radius 2 is 1.96 bits per heavy atom. The fourth-order valence-electron chi connectivity index (χ4n) is 2.34. The first kappa shape index (κ1) is 20.4. The topological polar surface area (TPSA) is 73.8 Å². The molecule has 0 spiro atoms. The molecule has 1 aromatic rings. The molecule has 0 fully saturated rings. The van der Waals surface area contributed by atoms with E-state index in [-0.39, 0.29) is 0 Å². The molecule has 0 saturated heterocycles. The summed E-state index contributed by atoms with van der Waals surface area (Å²) in [6, 6.07) is 5.37. The van der Waals surface area contributed by atoms with Crippen molar-refractivity contribution in [3.8, 4) is 0 Å². The van der Waals surface area contributed by atoms with Crippen molar-refractivity contribution in [3.63, 3.8) is 0 Å². The molecular formula is C17H30N4O2S. The molecule has 0 radical (unpaired) electrons. The first-order valence-electron chi connectivity index (χ1n) is 8.20. The predicted octanol–water partition coefficient (Wildman–Crippen LogP) is 1.41. The standard InChI is InChI=1S/C17H30N4O2S/c1-6-18-17(19-10-7-11-21(3)4)20-13-15-8-9-16(14(2)12-15)24(5,22)23/h8-9,12H,6-7,10-11,13H2,1-5H3,(H2,18,19,20). The summed E-state index contributed by atoms with van der Waals surface area (Å²) in [4.78, 5) is 7.09. The van der Waals surface area contributed by atoms with Crippen molar-refractivity contribution in [2.24, 2.45) is 4.99 Å². The van der Waals surface area contributed by atoms with Crippen LogP contribution < -0.4 is 10.6 Å². The largest absolute Gasteiger partial charge is 0.357 e. The van der Waals surface area contributed by atoms with E-state index in [0.717, 1.165) is 43.1 Å². The maximum atomic E-state index is 11.7. The van der Waals surface area contributed by atoms with Crippen LogP contribution >= 0.6 is 0 Å². The summed E-state index contributed by atoms with van der Waals surface area (Å²) in [5, 5.41) is 6.53. The van der Waals surface area contributed by atoms with E-state index >= 15 is 0 Å². The monoisotopic (exact) mass is 354 g/mol. The second-order valence-electron chi connectivity index (χ2n) is 6.15. The van der Waals surface area contributed by atoms with Gasteiger partial charge >= 0.3 is 0 Å². The van der Waals surface area contributed by atoms with Crippen LogP contribution in [0, 0.1) is 6.92 Å². The molecule has 0 aliphatic rings. The molecule has 1 rings (SSSR count). The molecule has 2 N–H and O–H groups in total. The third kappa shape index (κ3) is 7.31. The minimum atomic E-state index is -3.18. The molecule has 0 aliphatic heterocycles. The van der Waals surface area contributed by atoms with Crippen molar-refractivity contribution >= 4 is 15.8 Å². The Hall–Kier alpha value is -1.60. The number of sulfone groups is 1. The van der Waals surface area contributed by atoms with Crippen LogP contribution in [-0.2, 0) is 16.4 Å². The number of nitrogens with zero attached hydrogens (tertiary/aromatic N) is 2. The molecule has 0 saturated carbocycles. The van der Waals surface area contributed by atoms with Crippen molar-refractivity contribution < 1.29 is 8.42 Å².